The van der Waals surface area contributed by atoms with Gasteiger partial charge >= 0.3 is 0 Å². The molecule has 5 rings (SSSR count). The van der Waals surface area contributed by atoms with E-state index in [9.17, 15) is 0 Å². The van der Waals surface area contributed by atoms with E-state index >= 15 is 0 Å². The maximum absolute atomic E-state index is 4.86. The summed E-state index contributed by atoms with van der Waals surface area (Å²) in [5, 5.41) is 2.33. The van der Waals surface area contributed by atoms with Gasteiger partial charge in [-0.05, 0) is 17.5 Å². The molecule has 0 spiro atoms. The van der Waals surface area contributed by atoms with Gasteiger partial charge in [0.25, 0.3) is 0 Å². The Kier molecular flexibility index (Phi) is 4.26. The summed E-state index contributed by atoms with van der Waals surface area (Å²) in [6.07, 6.45) is 4.21. The third kappa shape index (κ3) is 3.23. The topological polar surface area (TPSA) is 30.7 Å². The van der Waals surface area contributed by atoms with Crippen molar-refractivity contribution in [3.8, 4) is 28.5 Å². The van der Waals surface area contributed by atoms with Gasteiger partial charge in [0.05, 0.1) is 5.69 Å². The van der Waals surface area contributed by atoms with E-state index in [1.165, 1.54) is 5.39 Å². The minimum Gasteiger partial charge on any atom is -0.307 e. The lowest BCUT2D eigenvalue weighted by Gasteiger charge is -2.09. The molecule has 0 fully saturated rings. The Bertz CT molecular complexity index is 1200. The molecule has 5 aromatic rings. The summed E-state index contributed by atoms with van der Waals surface area (Å²) in [6.45, 7) is 0. The first-order valence-electron chi connectivity index (χ1n) is 9.04. The predicted molar refractivity (Wildman–Crippen MR) is 117 cm³/mol. The van der Waals surface area contributed by atoms with Gasteiger partial charge < -0.3 is 4.57 Å². The molecule has 0 aliphatic rings. The fourth-order valence-corrected chi connectivity index (χ4v) is 3.66. The first-order chi connectivity index (χ1) is 13.8. The van der Waals surface area contributed by atoms with Gasteiger partial charge in [0, 0.05) is 39.4 Å². The average Bonchev–Trinajstić information content (AvgIpc) is 3.18. The second kappa shape index (κ2) is 7.06. The molecule has 3 nitrogen and oxygen atoms in total. The summed E-state index contributed by atoms with van der Waals surface area (Å²) < 4.78 is 3.13. The standard InChI is InChI=1S/C24H16BrN3/c25-21-12-11-19-15-28(16-20(19)13-21)23-14-22(17-7-3-1-4-8-17)26-24(27-23)18-9-5-2-6-10-18/h1-16H. The van der Waals surface area contributed by atoms with Gasteiger partial charge in [-0.2, -0.15) is 0 Å². The molecule has 134 valence electrons. The van der Waals surface area contributed by atoms with Crippen molar-refractivity contribution in [2.24, 2.45) is 0 Å². The molecule has 0 N–H and O–H groups in total. The average molecular weight is 426 g/mol. The van der Waals surface area contributed by atoms with E-state index in [2.05, 4.69) is 63.2 Å². The zero-order valence-corrected chi connectivity index (χ0v) is 16.5. The molecular weight excluding hydrogens is 410 g/mol. The van der Waals surface area contributed by atoms with Crippen LogP contribution in [0.15, 0.2) is 102 Å². The minimum absolute atomic E-state index is 0.718. The van der Waals surface area contributed by atoms with Crippen molar-refractivity contribution in [3.63, 3.8) is 0 Å². The third-order valence-electron chi connectivity index (χ3n) is 4.68. The van der Waals surface area contributed by atoms with E-state index in [1.807, 2.05) is 54.6 Å². The highest BCUT2D eigenvalue weighted by Gasteiger charge is 2.11. The highest BCUT2D eigenvalue weighted by molar-refractivity contribution is 9.10. The normalized spacial score (nSPS) is 11.0. The summed E-state index contributed by atoms with van der Waals surface area (Å²) >= 11 is 3.55. The van der Waals surface area contributed by atoms with E-state index < -0.39 is 0 Å². The number of halogens is 1. The highest BCUT2D eigenvalue weighted by Crippen LogP contribution is 2.26. The van der Waals surface area contributed by atoms with Crippen LogP contribution in [0.2, 0.25) is 0 Å². The molecule has 0 amide bonds. The molecule has 0 unspecified atom stereocenters. The van der Waals surface area contributed by atoms with Crippen LogP contribution in [-0.4, -0.2) is 14.5 Å². The number of fused-ring (bicyclic) bond motifs is 1. The van der Waals surface area contributed by atoms with Crippen molar-refractivity contribution in [3.05, 3.63) is 102 Å². The summed E-state index contributed by atoms with van der Waals surface area (Å²) in [4.78, 5) is 9.69. The van der Waals surface area contributed by atoms with Crippen LogP contribution >= 0.6 is 15.9 Å². The zero-order chi connectivity index (χ0) is 18.9. The first-order valence-corrected chi connectivity index (χ1v) is 9.83. The van der Waals surface area contributed by atoms with Gasteiger partial charge in [0.15, 0.2) is 5.82 Å². The van der Waals surface area contributed by atoms with E-state index in [1.54, 1.807) is 0 Å². The number of hydrogen-bond donors (Lipinski definition) is 0. The number of rotatable bonds is 3. The fraction of sp³-hybridized carbons (Fsp3) is 0. The van der Waals surface area contributed by atoms with Crippen molar-refractivity contribution >= 4 is 26.7 Å². The SMILES string of the molecule is Brc1ccc2cn(-c3cc(-c4ccccc4)nc(-c4ccccc4)n3)cc2c1. The van der Waals surface area contributed by atoms with Gasteiger partial charge in [-0.1, -0.05) is 82.7 Å². The number of benzene rings is 3. The van der Waals surface area contributed by atoms with Crippen LogP contribution in [0.4, 0.5) is 0 Å². The molecular formula is C24H16BrN3. The molecule has 4 heteroatoms. The number of aromatic nitrogens is 3. The number of nitrogens with zero attached hydrogens (tertiary/aromatic N) is 3. The molecule has 0 radical (unpaired) electrons. The van der Waals surface area contributed by atoms with E-state index in [0.717, 1.165) is 38.3 Å². The van der Waals surface area contributed by atoms with Crippen LogP contribution in [0.25, 0.3) is 39.2 Å². The molecule has 2 aromatic heterocycles. The van der Waals surface area contributed by atoms with Crippen LogP contribution < -0.4 is 0 Å². The Morgan fingerprint density at radius 3 is 2.07 bits per heavy atom. The molecule has 0 aliphatic heterocycles. The van der Waals surface area contributed by atoms with Gasteiger partial charge in [-0.25, -0.2) is 9.97 Å². The third-order valence-corrected chi connectivity index (χ3v) is 5.18. The zero-order valence-electron chi connectivity index (χ0n) is 15.0. The minimum atomic E-state index is 0.718. The Morgan fingerprint density at radius 1 is 0.643 bits per heavy atom. The summed E-state index contributed by atoms with van der Waals surface area (Å²) in [6, 6.07) is 28.6. The summed E-state index contributed by atoms with van der Waals surface area (Å²) in [5.41, 5.74) is 2.98. The fourth-order valence-electron chi connectivity index (χ4n) is 3.28. The number of hydrogen-bond acceptors (Lipinski definition) is 2. The van der Waals surface area contributed by atoms with Gasteiger partial charge in [-0.15, -0.1) is 0 Å². The van der Waals surface area contributed by atoms with E-state index in [-0.39, 0.29) is 0 Å². The van der Waals surface area contributed by atoms with Gasteiger partial charge in [0.2, 0.25) is 0 Å². The summed E-state index contributed by atoms with van der Waals surface area (Å²) in [5.74, 6) is 1.57. The van der Waals surface area contributed by atoms with E-state index in [4.69, 9.17) is 9.97 Å². The van der Waals surface area contributed by atoms with Crippen molar-refractivity contribution in [1.82, 2.24) is 14.5 Å². The lowest BCUT2D eigenvalue weighted by atomic mass is 10.1. The Morgan fingerprint density at radius 2 is 1.32 bits per heavy atom. The Labute approximate surface area is 171 Å². The van der Waals surface area contributed by atoms with Gasteiger partial charge in [0.1, 0.15) is 5.82 Å². The second-order valence-corrected chi connectivity index (χ2v) is 7.52. The van der Waals surface area contributed by atoms with Crippen LogP contribution in [-0.2, 0) is 0 Å². The maximum atomic E-state index is 4.86. The second-order valence-electron chi connectivity index (χ2n) is 6.61. The molecule has 28 heavy (non-hydrogen) atoms. The molecule has 0 saturated carbocycles. The largest absolute Gasteiger partial charge is 0.307 e. The van der Waals surface area contributed by atoms with Crippen molar-refractivity contribution < 1.29 is 0 Å². The van der Waals surface area contributed by atoms with Crippen LogP contribution in [0, 0.1) is 0 Å². The molecule has 0 saturated heterocycles. The molecule has 3 aromatic carbocycles. The van der Waals surface area contributed by atoms with Crippen LogP contribution in [0.3, 0.4) is 0 Å². The van der Waals surface area contributed by atoms with Crippen molar-refractivity contribution in [1.29, 1.82) is 0 Å². The van der Waals surface area contributed by atoms with Crippen LogP contribution in [0.1, 0.15) is 0 Å². The first kappa shape index (κ1) is 16.9. The lowest BCUT2D eigenvalue weighted by Crippen LogP contribution is -2.00. The van der Waals surface area contributed by atoms with Crippen LogP contribution in [0.5, 0.6) is 0 Å². The van der Waals surface area contributed by atoms with Crippen molar-refractivity contribution in [2.45, 2.75) is 0 Å². The Hall–Kier alpha value is -3.24. The van der Waals surface area contributed by atoms with E-state index in [0.29, 0.717) is 0 Å². The maximum Gasteiger partial charge on any atom is 0.162 e. The van der Waals surface area contributed by atoms with Gasteiger partial charge in [-0.3, -0.25) is 0 Å². The monoisotopic (exact) mass is 425 g/mol. The molecule has 2 heterocycles. The quantitative estimate of drug-likeness (QED) is 0.329. The molecule has 0 aliphatic carbocycles. The van der Waals surface area contributed by atoms with Crippen molar-refractivity contribution in [2.75, 3.05) is 0 Å². The highest BCUT2D eigenvalue weighted by atomic mass is 79.9. The lowest BCUT2D eigenvalue weighted by molar-refractivity contribution is 0.994. The summed E-state index contributed by atoms with van der Waals surface area (Å²) in [7, 11) is 0. The smallest absolute Gasteiger partial charge is 0.162 e. The molecule has 0 bridgehead atoms. The molecule has 0 atom stereocenters. The predicted octanol–water partition coefficient (Wildman–Crippen LogP) is 6.52. The Balaban J connectivity index is 1.72.